The molecular weight excluding hydrogens is 224 g/mol. The lowest BCUT2D eigenvalue weighted by molar-refractivity contribution is 0.0948. The van der Waals surface area contributed by atoms with Crippen LogP contribution in [-0.4, -0.2) is 19.0 Å². The second-order valence-electron chi connectivity index (χ2n) is 4.59. The van der Waals surface area contributed by atoms with Crippen molar-refractivity contribution < 1.29 is 4.79 Å². The van der Waals surface area contributed by atoms with Gasteiger partial charge in [-0.1, -0.05) is 31.8 Å². The summed E-state index contributed by atoms with van der Waals surface area (Å²) in [5.41, 5.74) is 7.79. The van der Waals surface area contributed by atoms with Crippen LogP contribution in [0.4, 0.5) is 0 Å². The molecular formula is C15H20N2O. The zero-order valence-electron chi connectivity index (χ0n) is 11.2. The Morgan fingerprint density at radius 1 is 1.44 bits per heavy atom. The van der Waals surface area contributed by atoms with Gasteiger partial charge < -0.3 is 11.1 Å². The Labute approximate surface area is 109 Å². The number of carbonyl (C=O) groups is 1. The van der Waals surface area contributed by atoms with Gasteiger partial charge in [-0.3, -0.25) is 4.79 Å². The monoisotopic (exact) mass is 244 g/mol. The van der Waals surface area contributed by atoms with Crippen LogP contribution in [0.2, 0.25) is 0 Å². The fourth-order valence-corrected chi connectivity index (χ4v) is 1.56. The lowest BCUT2D eigenvalue weighted by Gasteiger charge is -2.10. The number of carbonyl (C=O) groups excluding carboxylic acids is 1. The van der Waals surface area contributed by atoms with Gasteiger partial charge in [0.1, 0.15) is 0 Å². The lowest BCUT2D eigenvalue weighted by atomic mass is 10.0. The van der Waals surface area contributed by atoms with Crippen molar-refractivity contribution in [1.82, 2.24) is 5.32 Å². The minimum Gasteiger partial charge on any atom is -0.352 e. The number of amides is 1. The SMILES string of the molecule is Cc1c(C#CCN)cccc1C(=O)NCC(C)C. The molecule has 0 atom stereocenters. The number of benzene rings is 1. The molecule has 0 saturated heterocycles. The fourth-order valence-electron chi connectivity index (χ4n) is 1.56. The van der Waals surface area contributed by atoms with Crippen LogP contribution in [-0.2, 0) is 0 Å². The highest BCUT2D eigenvalue weighted by atomic mass is 16.1. The van der Waals surface area contributed by atoms with Gasteiger partial charge in [-0.15, -0.1) is 0 Å². The Hall–Kier alpha value is -1.79. The van der Waals surface area contributed by atoms with Gasteiger partial charge in [0.15, 0.2) is 0 Å². The minimum absolute atomic E-state index is 0.0439. The first-order valence-electron chi connectivity index (χ1n) is 6.13. The number of rotatable bonds is 3. The first-order chi connectivity index (χ1) is 8.56. The van der Waals surface area contributed by atoms with Crippen molar-refractivity contribution in [2.45, 2.75) is 20.8 Å². The van der Waals surface area contributed by atoms with Crippen molar-refractivity contribution in [3.05, 3.63) is 34.9 Å². The summed E-state index contributed by atoms with van der Waals surface area (Å²) in [4.78, 5) is 12.0. The second kappa shape index (κ2) is 6.83. The Morgan fingerprint density at radius 2 is 2.17 bits per heavy atom. The smallest absolute Gasteiger partial charge is 0.251 e. The molecule has 1 amide bonds. The highest BCUT2D eigenvalue weighted by Gasteiger charge is 2.10. The van der Waals surface area contributed by atoms with Gasteiger partial charge in [-0.25, -0.2) is 0 Å². The molecule has 1 aromatic carbocycles. The molecule has 1 rings (SSSR count). The second-order valence-corrected chi connectivity index (χ2v) is 4.59. The molecule has 0 spiro atoms. The van der Waals surface area contributed by atoms with Crippen molar-refractivity contribution in [3.63, 3.8) is 0 Å². The maximum atomic E-state index is 12.0. The van der Waals surface area contributed by atoms with E-state index in [1.54, 1.807) is 0 Å². The quantitative estimate of drug-likeness (QED) is 0.795. The summed E-state index contributed by atoms with van der Waals surface area (Å²) in [6.07, 6.45) is 0. The Kier molecular flexibility index (Phi) is 5.41. The molecule has 18 heavy (non-hydrogen) atoms. The molecule has 96 valence electrons. The van der Waals surface area contributed by atoms with Crippen LogP contribution >= 0.6 is 0 Å². The summed E-state index contributed by atoms with van der Waals surface area (Å²) in [6, 6.07) is 5.56. The fraction of sp³-hybridized carbons (Fsp3) is 0.400. The van der Waals surface area contributed by atoms with E-state index >= 15 is 0 Å². The first-order valence-corrected chi connectivity index (χ1v) is 6.13. The highest BCUT2D eigenvalue weighted by Crippen LogP contribution is 2.12. The maximum Gasteiger partial charge on any atom is 0.251 e. The Morgan fingerprint density at radius 3 is 2.78 bits per heavy atom. The largest absolute Gasteiger partial charge is 0.352 e. The predicted molar refractivity (Wildman–Crippen MR) is 74.3 cm³/mol. The van der Waals surface area contributed by atoms with Crippen molar-refractivity contribution in [3.8, 4) is 11.8 Å². The van der Waals surface area contributed by atoms with Crippen molar-refractivity contribution in [2.24, 2.45) is 11.7 Å². The van der Waals surface area contributed by atoms with E-state index in [4.69, 9.17) is 5.73 Å². The van der Waals surface area contributed by atoms with Crippen LogP contribution in [0.5, 0.6) is 0 Å². The van der Waals surface area contributed by atoms with Crippen molar-refractivity contribution in [1.29, 1.82) is 0 Å². The van der Waals surface area contributed by atoms with Crippen molar-refractivity contribution >= 4 is 5.91 Å². The van der Waals surface area contributed by atoms with E-state index in [9.17, 15) is 4.79 Å². The third kappa shape index (κ3) is 3.90. The molecule has 0 aliphatic heterocycles. The molecule has 0 fully saturated rings. The van der Waals surface area contributed by atoms with Crippen molar-refractivity contribution in [2.75, 3.05) is 13.1 Å². The van der Waals surface area contributed by atoms with Crippen LogP contribution in [0.3, 0.4) is 0 Å². The number of hydrogen-bond acceptors (Lipinski definition) is 2. The molecule has 0 bridgehead atoms. The van der Waals surface area contributed by atoms with Crippen LogP contribution < -0.4 is 11.1 Å². The molecule has 0 aromatic heterocycles. The maximum absolute atomic E-state index is 12.0. The first kappa shape index (κ1) is 14.3. The topological polar surface area (TPSA) is 55.1 Å². The summed E-state index contributed by atoms with van der Waals surface area (Å²) < 4.78 is 0. The molecule has 3 heteroatoms. The van der Waals surface area contributed by atoms with E-state index in [0.717, 1.165) is 11.1 Å². The zero-order chi connectivity index (χ0) is 13.5. The van der Waals surface area contributed by atoms with Crippen LogP contribution in [0, 0.1) is 24.7 Å². The average molecular weight is 244 g/mol. The number of hydrogen-bond donors (Lipinski definition) is 2. The molecule has 0 aliphatic rings. The molecule has 3 N–H and O–H groups in total. The van der Waals surface area contributed by atoms with Crippen LogP contribution in [0.25, 0.3) is 0 Å². The Balaban J connectivity index is 2.92. The van der Waals surface area contributed by atoms with E-state index in [2.05, 4.69) is 31.0 Å². The summed E-state index contributed by atoms with van der Waals surface area (Å²) in [6.45, 7) is 7.04. The summed E-state index contributed by atoms with van der Waals surface area (Å²) in [5.74, 6) is 6.18. The van der Waals surface area contributed by atoms with Gasteiger partial charge in [-0.05, 0) is 30.5 Å². The number of nitrogens with one attached hydrogen (secondary N) is 1. The molecule has 0 aliphatic carbocycles. The van der Waals surface area contributed by atoms with Gasteiger partial charge >= 0.3 is 0 Å². The van der Waals surface area contributed by atoms with Gasteiger partial charge in [0.25, 0.3) is 5.91 Å². The molecule has 1 aromatic rings. The number of nitrogens with two attached hydrogens (primary N) is 1. The molecule has 0 unspecified atom stereocenters. The van der Waals surface area contributed by atoms with Gasteiger partial charge in [-0.2, -0.15) is 0 Å². The Bertz CT molecular complexity index is 481. The van der Waals surface area contributed by atoms with E-state index in [1.165, 1.54) is 0 Å². The molecule has 0 saturated carbocycles. The minimum atomic E-state index is -0.0439. The third-order valence-electron chi connectivity index (χ3n) is 2.57. The standard InChI is InChI=1S/C15H20N2O/c1-11(2)10-17-15(18)14-8-4-6-13(12(14)3)7-5-9-16/h4,6,8,11H,9-10,16H2,1-3H3,(H,17,18). The van der Waals surface area contributed by atoms with E-state index in [-0.39, 0.29) is 5.91 Å². The van der Waals surface area contributed by atoms with Gasteiger partial charge in [0.2, 0.25) is 0 Å². The predicted octanol–water partition coefficient (Wildman–Crippen LogP) is 1.69. The lowest BCUT2D eigenvalue weighted by Crippen LogP contribution is -2.28. The third-order valence-corrected chi connectivity index (χ3v) is 2.57. The highest BCUT2D eigenvalue weighted by molar-refractivity contribution is 5.96. The zero-order valence-corrected chi connectivity index (χ0v) is 11.2. The molecule has 0 heterocycles. The van der Waals surface area contributed by atoms with Crippen LogP contribution in [0.1, 0.15) is 35.3 Å². The normalized spacial score (nSPS) is 9.83. The summed E-state index contributed by atoms with van der Waals surface area (Å²) >= 11 is 0. The van der Waals surface area contributed by atoms with Gasteiger partial charge in [0, 0.05) is 17.7 Å². The average Bonchev–Trinajstić information content (AvgIpc) is 2.34. The summed E-state index contributed by atoms with van der Waals surface area (Å²) in [7, 11) is 0. The van der Waals surface area contributed by atoms with E-state index in [1.807, 2.05) is 25.1 Å². The molecule has 3 nitrogen and oxygen atoms in total. The van der Waals surface area contributed by atoms with Gasteiger partial charge in [0.05, 0.1) is 6.54 Å². The van der Waals surface area contributed by atoms with E-state index in [0.29, 0.717) is 24.6 Å². The molecule has 0 radical (unpaired) electrons. The summed E-state index contributed by atoms with van der Waals surface area (Å²) in [5, 5.41) is 2.91. The van der Waals surface area contributed by atoms with E-state index < -0.39 is 0 Å². The van der Waals surface area contributed by atoms with Crippen LogP contribution in [0.15, 0.2) is 18.2 Å².